The summed E-state index contributed by atoms with van der Waals surface area (Å²) in [7, 11) is 0. The van der Waals surface area contributed by atoms with Crippen molar-refractivity contribution < 1.29 is 9.47 Å². The SMILES string of the molecule is C=CCOc1ccccc1CN=C(NCC)N1CCC(CN2CCOCC2)C1. The summed E-state index contributed by atoms with van der Waals surface area (Å²) in [6, 6.07) is 8.10. The number of likely N-dealkylation sites (tertiary alicyclic amines) is 1. The fraction of sp³-hybridized carbons (Fsp3) is 0.591. The van der Waals surface area contributed by atoms with Crippen molar-refractivity contribution in [3.8, 4) is 5.75 Å². The summed E-state index contributed by atoms with van der Waals surface area (Å²) < 4.78 is 11.2. The molecule has 3 rings (SSSR count). The maximum absolute atomic E-state index is 5.77. The van der Waals surface area contributed by atoms with E-state index in [1.54, 1.807) is 6.08 Å². The summed E-state index contributed by atoms with van der Waals surface area (Å²) in [4.78, 5) is 9.85. The summed E-state index contributed by atoms with van der Waals surface area (Å²) >= 11 is 0. The van der Waals surface area contributed by atoms with E-state index in [-0.39, 0.29) is 0 Å². The molecule has 1 aromatic rings. The van der Waals surface area contributed by atoms with Gasteiger partial charge in [0.25, 0.3) is 0 Å². The van der Waals surface area contributed by atoms with E-state index in [1.807, 2.05) is 18.2 Å². The summed E-state index contributed by atoms with van der Waals surface area (Å²) in [5.74, 6) is 2.59. The van der Waals surface area contributed by atoms with E-state index < -0.39 is 0 Å². The molecule has 2 fully saturated rings. The van der Waals surface area contributed by atoms with Crippen LogP contribution in [-0.4, -0.2) is 74.8 Å². The van der Waals surface area contributed by atoms with Crippen molar-refractivity contribution in [2.45, 2.75) is 19.9 Å². The van der Waals surface area contributed by atoms with Crippen LogP contribution in [0.2, 0.25) is 0 Å². The molecular formula is C22H34N4O2. The van der Waals surface area contributed by atoms with Crippen LogP contribution in [0.3, 0.4) is 0 Å². The van der Waals surface area contributed by atoms with Gasteiger partial charge in [-0.05, 0) is 25.3 Å². The second-order valence-corrected chi connectivity index (χ2v) is 7.39. The van der Waals surface area contributed by atoms with Gasteiger partial charge in [0.05, 0.1) is 19.8 Å². The highest BCUT2D eigenvalue weighted by molar-refractivity contribution is 5.80. The smallest absolute Gasteiger partial charge is 0.194 e. The van der Waals surface area contributed by atoms with Gasteiger partial charge in [-0.15, -0.1) is 0 Å². The third-order valence-corrected chi connectivity index (χ3v) is 5.27. The lowest BCUT2D eigenvalue weighted by molar-refractivity contribution is 0.0315. The average molecular weight is 387 g/mol. The molecule has 0 bridgehead atoms. The number of hydrogen-bond donors (Lipinski definition) is 1. The van der Waals surface area contributed by atoms with Crippen LogP contribution >= 0.6 is 0 Å². The average Bonchev–Trinajstić information content (AvgIpc) is 3.19. The van der Waals surface area contributed by atoms with Crippen molar-refractivity contribution in [2.75, 3.05) is 59.1 Å². The quantitative estimate of drug-likeness (QED) is 0.422. The van der Waals surface area contributed by atoms with Gasteiger partial charge < -0.3 is 19.7 Å². The highest BCUT2D eigenvalue weighted by atomic mass is 16.5. The number of hydrogen-bond acceptors (Lipinski definition) is 4. The lowest BCUT2D eigenvalue weighted by Crippen LogP contribution is -2.42. The van der Waals surface area contributed by atoms with Crippen LogP contribution in [0.25, 0.3) is 0 Å². The number of benzene rings is 1. The molecule has 0 spiro atoms. The summed E-state index contributed by atoms with van der Waals surface area (Å²) in [5.41, 5.74) is 1.10. The highest BCUT2D eigenvalue weighted by Gasteiger charge is 2.27. The molecule has 1 atom stereocenters. The zero-order chi connectivity index (χ0) is 19.6. The van der Waals surface area contributed by atoms with Crippen LogP contribution in [0.5, 0.6) is 5.75 Å². The van der Waals surface area contributed by atoms with Gasteiger partial charge in [0.15, 0.2) is 5.96 Å². The van der Waals surface area contributed by atoms with Gasteiger partial charge in [0, 0.05) is 44.8 Å². The number of ether oxygens (including phenoxy) is 2. The normalized spacial score (nSPS) is 21.0. The zero-order valence-electron chi connectivity index (χ0n) is 17.1. The third kappa shape index (κ3) is 5.97. The minimum absolute atomic E-state index is 0.510. The molecule has 1 unspecified atom stereocenters. The molecule has 0 amide bonds. The fourth-order valence-corrected chi connectivity index (χ4v) is 3.83. The van der Waals surface area contributed by atoms with Crippen molar-refractivity contribution >= 4 is 5.96 Å². The second kappa shape index (κ2) is 11.1. The standard InChI is InChI=1S/C22H34N4O2/c1-3-13-28-21-8-6-5-7-20(21)16-24-22(23-4-2)26-10-9-19(18-26)17-25-11-14-27-15-12-25/h3,5-8,19H,1,4,9-18H2,2H3,(H,23,24). The molecule has 28 heavy (non-hydrogen) atoms. The first-order chi connectivity index (χ1) is 13.8. The number of morpholine rings is 1. The molecule has 0 aromatic heterocycles. The monoisotopic (exact) mass is 386 g/mol. The Morgan fingerprint density at radius 1 is 1.32 bits per heavy atom. The first-order valence-electron chi connectivity index (χ1n) is 10.4. The van der Waals surface area contributed by atoms with Gasteiger partial charge >= 0.3 is 0 Å². The molecule has 2 heterocycles. The Kier molecular flexibility index (Phi) is 8.18. The van der Waals surface area contributed by atoms with Crippen molar-refractivity contribution in [2.24, 2.45) is 10.9 Å². The Morgan fingerprint density at radius 2 is 2.14 bits per heavy atom. The van der Waals surface area contributed by atoms with Crippen LogP contribution in [0.4, 0.5) is 0 Å². The predicted molar refractivity (Wildman–Crippen MR) is 114 cm³/mol. The van der Waals surface area contributed by atoms with Gasteiger partial charge in [0.1, 0.15) is 12.4 Å². The minimum atomic E-state index is 0.510. The van der Waals surface area contributed by atoms with Crippen LogP contribution in [0, 0.1) is 5.92 Å². The Hall–Kier alpha value is -2.05. The molecule has 2 saturated heterocycles. The molecule has 0 saturated carbocycles. The molecule has 6 nitrogen and oxygen atoms in total. The summed E-state index contributed by atoms with van der Waals surface area (Å²) in [6.45, 7) is 15.0. The zero-order valence-corrected chi connectivity index (χ0v) is 17.1. The van der Waals surface area contributed by atoms with Gasteiger partial charge in [0.2, 0.25) is 0 Å². The Labute approximate surface area is 169 Å². The van der Waals surface area contributed by atoms with Gasteiger partial charge in [-0.25, -0.2) is 4.99 Å². The summed E-state index contributed by atoms with van der Waals surface area (Å²) in [6.07, 6.45) is 2.99. The van der Waals surface area contributed by atoms with E-state index in [9.17, 15) is 0 Å². The van der Waals surface area contributed by atoms with Crippen LogP contribution in [0.15, 0.2) is 41.9 Å². The number of para-hydroxylation sites is 1. The van der Waals surface area contributed by atoms with Gasteiger partial charge in [-0.1, -0.05) is 30.9 Å². The van der Waals surface area contributed by atoms with E-state index in [0.717, 1.165) is 69.8 Å². The van der Waals surface area contributed by atoms with Crippen LogP contribution in [0.1, 0.15) is 18.9 Å². The second-order valence-electron chi connectivity index (χ2n) is 7.39. The Bertz CT molecular complexity index is 643. The van der Waals surface area contributed by atoms with Crippen LogP contribution in [-0.2, 0) is 11.3 Å². The number of guanidine groups is 1. The van der Waals surface area contributed by atoms with E-state index >= 15 is 0 Å². The topological polar surface area (TPSA) is 49.3 Å². The molecule has 1 aromatic carbocycles. The maximum Gasteiger partial charge on any atom is 0.194 e. The molecule has 0 aliphatic carbocycles. The maximum atomic E-state index is 5.77. The fourth-order valence-electron chi connectivity index (χ4n) is 3.83. The molecule has 154 valence electrons. The molecule has 1 N–H and O–H groups in total. The lowest BCUT2D eigenvalue weighted by Gasteiger charge is -2.29. The first-order valence-corrected chi connectivity index (χ1v) is 10.4. The van der Waals surface area contributed by atoms with Crippen molar-refractivity contribution in [3.63, 3.8) is 0 Å². The number of nitrogens with one attached hydrogen (secondary N) is 1. The molecule has 6 heteroatoms. The Morgan fingerprint density at radius 3 is 2.93 bits per heavy atom. The number of rotatable bonds is 8. The predicted octanol–water partition coefficient (Wildman–Crippen LogP) is 2.37. The third-order valence-electron chi connectivity index (χ3n) is 5.27. The van der Waals surface area contributed by atoms with E-state index in [1.165, 1.54) is 6.42 Å². The van der Waals surface area contributed by atoms with Gasteiger partial charge in [-0.2, -0.15) is 0 Å². The lowest BCUT2D eigenvalue weighted by atomic mass is 10.1. The molecular weight excluding hydrogens is 352 g/mol. The van der Waals surface area contributed by atoms with Crippen molar-refractivity contribution in [1.82, 2.24) is 15.1 Å². The van der Waals surface area contributed by atoms with E-state index in [4.69, 9.17) is 14.5 Å². The largest absolute Gasteiger partial charge is 0.489 e. The summed E-state index contributed by atoms with van der Waals surface area (Å²) in [5, 5.41) is 3.47. The van der Waals surface area contributed by atoms with Crippen LogP contribution < -0.4 is 10.1 Å². The molecule has 2 aliphatic rings. The van der Waals surface area contributed by atoms with E-state index in [2.05, 4.69) is 34.7 Å². The Balaban J connectivity index is 1.59. The van der Waals surface area contributed by atoms with E-state index in [0.29, 0.717) is 19.1 Å². The first kappa shape index (κ1) is 20.7. The number of nitrogens with zero attached hydrogens (tertiary/aromatic N) is 3. The van der Waals surface area contributed by atoms with Gasteiger partial charge in [-0.3, -0.25) is 4.90 Å². The minimum Gasteiger partial charge on any atom is -0.489 e. The molecule has 2 aliphatic heterocycles. The van der Waals surface area contributed by atoms with Crippen molar-refractivity contribution in [3.05, 3.63) is 42.5 Å². The van der Waals surface area contributed by atoms with Crippen molar-refractivity contribution in [1.29, 1.82) is 0 Å². The highest BCUT2D eigenvalue weighted by Crippen LogP contribution is 2.21. The molecule has 0 radical (unpaired) electrons. The number of aliphatic imine (C=N–C) groups is 1.